The first kappa shape index (κ1) is 21.0. The summed E-state index contributed by atoms with van der Waals surface area (Å²) < 4.78 is 1.33. The Morgan fingerprint density at radius 3 is 2.36 bits per heavy atom. The fourth-order valence-corrected chi connectivity index (χ4v) is 2.56. The molecule has 0 saturated heterocycles. The van der Waals surface area contributed by atoms with Gasteiger partial charge < -0.3 is 14.8 Å². The van der Waals surface area contributed by atoms with E-state index in [1.54, 1.807) is 30.3 Å². The van der Waals surface area contributed by atoms with Gasteiger partial charge in [0.2, 0.25) is 0 Å². The largest absolute Gasteiger partial charge is 0.477 e. The van der Waals surface area contributed by atoms with Crippen LogP contribution in [0.1, 0.15) is 35.7 Å². The zero-order chi connectivity index (χ0) is 19.6. The molecule has 28 heavy (non-hydrogen) atoms. The molecule has 9 heteroatoms. The van der Waals surface area contributed by atoms with Crippen LogP contribution in [-0.2, 0) is 26.5 Å². The summed E-state index contributed by atoms with van der Waals surface area (Å²) in [6, 6.07) is 10.1. The minimum Gasteiger partial charge on any atom is -0.477 e. The Bertz CT molecular complexity index is 1120. The Morgan fingerprint density at radius 2 is 1.75 bits per heavy atom. The predicted molar refractivity (Wildman–Crippen MR) is 96.0 cm³/mol. The van der Waals surface area contributed by atoms with Gasteiger partial charge >= 0.3 is 11.8 Å². The molecule has 142 valence electrons. The number of hydrogen-bond donors (Lipinski definition) is 1. The third-order valence-corrected chi connectivity index (χ3v) is 4.09. The quantitative estimate of drug-likeness (QED) is 0.500. The van der Waals surface area contributed by atoms with Crippen molar-refractivity contribution in [2.24, 2.45) is 0 Å². The third-order valence-electron chi connectivity index (χ3n) is 4.09. The molecule has 3 aromatic heterocycles. The van der Waals surface area contributed by atoms with E-state index >= 15 is 0 Å². The summed E-state index contributed by atoms with van der Waals surface area (Å²) in [5, 5.41) is 9.18. The van der Waals surface area contributed by atoms with Gasteiger partial charge in [0, 0.05) is 32.2 Å². The number of pyridine rings is 2. The molecule has 3 aromatic rings. The summed E-state index contributed by atoms with van der Waals surface area (Å²) in [6.45, 7) is 18.1. The van der Waals surface area contributed by atoms with Gasteiger partial charge in [0.05, 0.1) is 5.69 Å². The molecule has 0 atom stereocenters. The number of carboxylic acid groups (broad SMARTS) is 1. The Morgan fingerprint density at radius 1 is 1.11 bits per heavy atom. The van der Waals surface area contributed by atoms with Gasteiger partial charge in [-0.2, -0.15) is 0 Å². The van der Waals surface area contributed by atoms with Crippen molar-refractivity contribution in [2.45, 2.75) is 19.3 Å². The second-order valence-corrected chi connectivity index (χ2v) is 6.14. The first-order valence-electron chi connectivity index (χ1n) is 7.82. The van der Waals surface area contributed by atoms with Crippen LogP contribution in [0, 0.1) is 19.5 Å². The van der Waals surface area contributed by atoms with Gasteiger partial charge in [-0.05, 0) is 38.1 Å². The van der Waals surface area contributed by atoms with Crippen LogP contribution < -0.4 is 0 Å². The number of aromatic nitrogens is 4. The standard InChI is InChI=1S/C19H13N6O2.Pt/c1-19(2,13-8-5-7-12(23-13)18(26)27)14-9-6-10-15(24-14)25-11-22-16(20-3)17(25)21-4;/h5-10H,1-2H3,(H,26,27);/q-1;. The second-order valence-electron chi connectivity index (χ2n) is 6.14. The van der Waals surface area contributed by atoms with E-state index in [9.17, 15) is 9.90 Å². The molecule has 0 radical (unpaired) electrons. The van der Waals surface area contributed by atoms with Gasteiger partial charge in [-0.1, -0.05) is 30.3 Å². The average molecular weight is 552 g/mol. The topological polar surface area (TPSA) is 89.6 Å². The number of aromatic carboxylic acids is 1. The van der Waals surface area contributed by atoms with E-state index in [1.165, 1.54) is 10.6 Å². The summed E-state index contributed by atoms with van der Waals surface area (Å²) in [6.07, 6.45) is 2.62. The van der Waals surface area contributed by atoms with Crippen molar-refractivity contribution in [1.82, 2.24) is 19.5 Å². The molecule has 8 nitrogen and oxygen atoms in total. The van der Waals surface area contributed by atoms with Crippen LogP contribution >= 0.6 is 0 Å². The summed E-state index contributed by atoms with van der Waals surface area (Å²) >= 11 is 0. The molecule has 0 saturated carbocycles. The number of carbonyl (C=O) groups is 1. The molecule has 0 amide bonds. The molecular weight excluding hydrogens is 539 g/mol. The molecule has 0 aliphatic rings. The smallest absolute Gasteiger partial charge is 0.354 e. The first-order chi connectivity index (χ1) is 12.9. The first-order valence-corrected chi connectivity index (χ1v) is 7.82. The van der Waals surface area contributed by atoms with E-state index in [0.29, 0.717) is 17.2 Å². The van der Waals surface area contributed by atoms with Gasteiger partial charge in [0.25, 0.3) is 12.1 Å². The predicted octanol–water partition coefficient (Wildman–Crippen LogP) is 3.59. The Balaban J connectivity index is 0.00000280. The maximum atomic E-state index is 11.2. The summed E-state index contributed by atoms with van der Waals surface area (Å²) in [4.78, 5) is 30.4. The van der Waals surface area contributed by atoms with Gasteiger partial charge in [0.15, 0.2) is 0 Å². The van der Waals surface area contributed by atoms with Gasteiger partial charge in [-0.3, -0.25) is 9.55 Å². The summed E-state index contributed by atoms with van der Waals surface area (Å²) in [7, 11) is 0. The van der Waals surface area contributed by atoms with Gasteiger partial charge in [-0.25, -0.2) is 9.78 Å². The number of rotatable bonds is 4. The van der Waals surface area contributed by atoms with Crippen LogP contribution in [0.2, 0.25) is 0 Å². The number of carboxylic acids is 1. The maximum absolute atomic E-state index is 11.2. The zero-order valence-electron chi connectivity index (χ0n) is 14.8. The van der Waals surface area contributed by atoms with Crippen LogP contribution in [0.3, 0.4) is 0 Å². The van der Waals surface area contributed by atoms with E-state index in [1.807, 2.05) is 13.8 Å². The maximum Gasteiger partial charge on any atom is 0.354 e. The Hall–Kier alpha value is -3.35. The van der Waals surface area contributed by atoms with E-state index in [4.69, 9.17) is 13.1 Å². The molecule has 0 aliphatic carbocycles. The SMILES string of the molecule is [C-]#[N+]c1n[c-]n(-c2cccc(C(C)(C)c3cccc(C(=O)O)n3)n2)c1[N+]#[C-].[Pt]. The average Bonchev–Trinajstić information content (AvgIpc) is 3.11. The van der Waals surface area contributed by atoms with Crippen molar-refractivity contribution >= 4 is 17.6 Å². The number of imidazole rings is 1. The second kappa shape index (κ2) is 8.12. The van der Waals surface area contributed by atoms with Crippen molar-refractivity contribution in [3.05, 3.63) is 82.6 Å². The molecule has 0 fully saturated rings. The molecule has 0 unspecified atom stereocenters. The molecular formula is C19H13N6O2Pt-. The van der Waals surface area contributed by atoms with E-state index in [0.717, 1.165) is 0 Å². The van der Waals surface area contributed by atoms with Gasteiger partial charge in [-0.15, -0.1) is 0 Å². The fourth-order valence-electron chi connectivity index (χ4n) is 2.56. The van der Waals surface area contributed by atoms with Crippen molar-refractivity contribution in [2.75, 3.05) is 0 Å². The molecule has 0 aromatic carbocycles. The van der Waals surface area contributed by atoms with E-state index in [-0.39, 0.29) is 38.4 Å². The monoisotopic (exact) mass is 552 g/mol. The number of nitrogens with zero attached hydrogens (tertiary/aromatic N) is 6. The fraction of sp³-hybridized carbons (Fsp3) is 0.158. The Labute approximate surface area is 175 Å². The van der Waals surface area contributed by atoms with Crippen molar-refractivity contribution in [1.29, 1.82) is 0 Å². The van der Waals surface area contributed by atoms with Crippen molar-refractivity contribution < 1.29 is 31.0 Å². The molecule has 0 spiro atoms. The minimum absolute atomic E-state index is 0. The molecule has 1 N–H and O–H groups in total. The van der Waals surface area contributed by atoms with E-state index in [2.05, 4.69) is 31.0 Å². The molecule has 0 bridgehead atoms. The van der Waals surface area contributed by atoms with Crippen LogP contribution in [0.25, 0.3) is 15.5 Å². The minimum atomic E-state index is -1.10. The van der Waals surface area contributed by atoms with Gasteiger partial charge in [0.1, 0.15) is 11.5 Å². The zero-order valence-corrected chi connectivity index (χ0v) is 17.1. The van der Waals surface area contributed by atoms with Crippen LogP contribution in [0.4, 0.5) is 11.6 Å². The normalized spacial score (nSPS) is 10.4. The van der Waals surface area contributed by atoms with Crippen LogP contribution in [0.15, 0.2) is 36.4 Å². The number of hydrogen-bond acceptors (Lipinski definition) is 4. The summed E-state index contributed by atoms with van der Waals surface area (Å²) in [5.74, 6) is -0.704. The van der Waals surface area contributed by atoms with Crippen molar-refractivity contribution in [3.8, 4) is 5.82 Å². The summed E-state index contributed by atoms with van der Waals surface area (Å²) in [5.41, 5.74) is 0.436. The van der Waals surface area contributed by atoms with E-state index < -0.39 is 11.4 Å². The third kappa shape index (κ3) is 3.69. The Kier molecular flexibility index (Phi) is 6.08. The van der Waals surface area contributed by atoms with Crippen LogP contribution in [-0.4, -0.2) is 30.6 Å². The van der Waals surface area contributed by atoms with Crippen molar-refractivity contribution in [3.63, 3.8) is 0 Å². The molecule has 3 heterocycles. The van der Waals surface area contributed by atoms with Crippen LogP contribution in [0.5, 0.6) is 0 Å². The molecule has 0 aliphatic heterocycles. The molecule has 3 rings (SSSR count).